The Morgan fingerprint density at radius 3 is 2.14 bits per heavy atom. The number of piperazine rings is 1. The number of ether oxygens (including phenoxy) is 2. The molecule has 192 valence electrons. The Labute approximate surface area is 218 Å². The number of aromatic nitrogens is 4. The van der Waals surface area contributed by atoms with E-state index in [2.05, 4.69) is 92.1 Å². The maximum Gasteiger partial charge on any atom is 0.173 e. The predicted molar refractivity (Wildman–Crippen MR) is 143 cm³/mol. The predicted octanol–water partition coefficient (Wildman–Crippen LogP) is 3.84. The van der Waals surface area contributed by atoms with Gasteiger partial charge in [0.2, 0.25) is 0 Å². The van der Waals surface area contributed by atoms with Crippen LogP contribution < -0.4 is 9.47 Å². The molecule has 1 saturated heterocycles. The van der Waals surface area contributed by atoms with Gasteiger partial charge >= 0.3 is 0 Å². The Hall–Kier alpha value is -3.75. The molecule has 37 heavy (non-hydrogen) atoms. The van der Waals surface area contributed by atoms with Gasteiger partial charge in [0.1, 0.15) is 0 Å². The number of rotatable bonds is 10. The zero-order valence-electron chi connectivity index (χ0n) is 21.5. The highest BCUT2D eigenvalue weighted by Crippen LogP contribution is 2.35. The van der Waals surface area contributed by atoms with Gasteiger partial charge in [-0.3, -0.25) is 9.80 Å². The summed E-state index contributed by atoms with van der Waals surface area (Å²) in [7, 11) is 3.33. The first kappa shape index (κ1) is 24.9. The fraction of sp³-hybridized carbons (Fsp3) is 0.345. The van der Waals surface area contributed by atoms with Crippen molar-refractivity contribution in [3.63, 3.8) is 0 Å². The topological polar surface area (TPSA) is 68.5 Å². The van der Waals surface area contributed by atoms with Gasteiger partial charge in [-0.2, -0.15) is 0 Å². The van der Waals surface area contributed by atoms with Crippen LogP contribution in [0.25, 0.3) is 0 Å². The second-order valence-corrected chi connectivity index (χ2v) is 9.31. The van der Waals surface area contributed by atoms with Crippen LogP contribution in [-0.2, 0) is 19.5 Å². The van der Waals surface area contributed by atoms with Crippen LogP contribution in [-0.4, -0.2) is 70.4 Å². The molecule has 5 rings (SSSR count). The molecular formula is C29H34N6O2. The lowest BCUT2D eigenvalue weighted by molar-refractivity contribution is 0.0999. The highest BCUT2D eigenvalue weighted by atomic mass is 16.5. The quantitative estimate of drug-likeness (QED) is 0.329. The second kappa shape index (κ2) is 12.0. The molecule has 1 aliphatic rings. The Morgan fingerprint density at radius 2 is 1.46 bits per heavy atom. The largest absolute Gasteiger partial charge is 0.493 e. The van der Waals surface area contributed by atoms with Crippen molar-refractivity contribution in [3.8, 4) is 11.5 Å². The molecule has 0 N–H and O–H groups in total. The van der Waals surface area contributed by atoms with Gasteiger partial charge in [-0.15, -0.1) is 5.10 Å². The molecule has 1 aliphatic heterocycles. The van der Waals surface area contributed by atoms with Gasteiger partial charge in [0.15, 0.2) is 17.3 Å². The van der Waals surface area contributed by atoms with Crippen LogP contribution >= 0.6 is 0 Å². The van der Waals surface area contributed by atoms with Crippen molar-refractivity contribution in [3.05, 3.63) is 101 Å². The molecule has 0 radical (unpaired) electrons. The van der Waals surface area contributed by atoms with E-state index in [4.69, 9.17) is 9.47 Å². The van der Waals surface area contributed by atoms with Gasteiger partial charge in [0.25, 0.3) is 0 Å². The third kappa shape index (κ3) is 5.98. The third-order valence-corrected chi connectivity index (χ3v) is 7.00. The zero-order valence-corrected chi connectivity index (χ0v) is 21.5. The lowest BCUT2D eigenvalue weighted by atomic mass is 10.0. The minimum absolute atomic E-state index is 0.0931. The Kier molecular flexibility index (Phi) is 8.08. The van der Waals surface area contributed by atoms with Gasteiger partial charge in [-0.25, -0.2) is 4.68 Å². The number of methoxy groups -OCH3 is 2. The van der Waals surface area contributed by atoms with E-state index < -0.39 is 0 Å². The van der Waals surface area contributed by atoms with Crippen molar-refractivity contribution in [2.45, 2.75) is 25.6 Å². The van der Waals surface area contributed by atoms with Crippen molar-refractivity contribution < 1.29 is 9.47 Å². The van der Waals surface area contributed by atoms with Crippen molar-refractivity contribution >= 4 is 0 Å². The van der Waals surface area contributed by atoms with Crippen LogP contribution in [0.2, 0.25) is 0 Å². The maximum absolute atomic E-state index is 5.64. The summed E-state index contributed by atoms with van der Waals surface area (Å²) in [5.41, 5.74) is 3.70. The molecule has 4 aromatic rings. The van der Waals surface area contributed by atoms with E-state index in [9.17, 15) is 0 Å². The molecule has 2 heterocycles. The van der Waals surface area contributed by atoms with Crippen molar-refractivity contribution in [1.82, 2.24) is 30.0 Å². The van der Waals surface area contributed by atoms with E-state index in [0.29, 0.717) is 18.0 Å². The monoisotopic (exact) mass is 498 g/mol. The van der Waals surface area contributed by atoms with E-state index in [1.807, 2.05) is 16.8 Å². The van der Waals surface area contributed by atoms with Crippen LogP contribution in [0, 0.1) is 0 Å². The van der Waals surface area contributed by atoms with Gasteiger partial charge in [-0.05, 0) is 45.7 Å². The molecule has 0 amide bonds. The number of nitrogens with zero attached hydrogens (tertiary/aromatic N) is 6. The van der Waals surface area contributed by atoms with E-state index in [1.54, 1.807) is 14.2 Å². The molecule has 8 nitrogen and oxygen atoms in total. The average Bonchev–Trinajstić information content (AvgIpc) is 3.42. The first-order valence-corrected chi connectivity index (χ1v) is 12.8. The molecule has 1 aromatic heterocycles. The molecule has 1 fully saturated rings. The molecule has 1 atom stereocenters. The van der Waals surface area contributed by atoms with Gasteiger partial charge in [0.05, 0.1) is 20.3 Å². The summed E-state index contributed by atoms with van der Waals surface area (Å²) >= 11 is 0. The standard InChI is InChI=1S/C29H34N6O2/c1-36-26-14-13-25(21-27(26)37-2)28(29-30-31-32-35(29)16-15-23-9-5-3-6-10-23)34-19-17-33(18-20-34)22-24-11-7-4-8-12-24/h3-14,21,28H,15-20,22H2,1-2H3/t28-/m0/s1. The molecule has 0 saturated carbocycles. The minimum atomic E-state index is -0.0931. The van der Waals surface area contributed by atoms with Crippen molar-refractivity contribution in [2.24, 2.45) is 0 Å². The number of hydrogen-bond acceptors (Lipinski definition) is 7. The summed E-state index contributed by atoms with van der Waals surface area (Å²) in [6, 6.07) is 27.1. The van der Waals surface area contributed by atoms with Crippen LogP contribution in [0.15, 0.2) is 78.9 Å². The first-order chi connectivity index (χ1) is 18.2. The smallest absolute Gasteiger partial charge is 0.173 e. The molecule has 0 bridgehead atoms. The zero-order chi connectivity index (χ0) is 25.5. The average molecular weight is 499 g/mol. The van der Waals surface area contributed by atoms with Crippen molar-refractivity contribution in [2.75, 3.05) is 40.4 Å². The Bertz CT molecular complexity index is 1260. The van der Waals surface area contributed by atoms with Crippen LogP contribution in [0.3, 0.4) is 0 Å². The molecular weight excluding hydrogens is 464 g/mol. The summed E-state index contributed by atoms with van der Waals surface area (Å²) in [6.07, 6.45) is 0.863. The van der Waals surface area contributed by atoms with Crippen LogP contribution in [0.5, 0.6) is 11.5 Å². The highest BCUT2D eigenvalue weighted by Gasteiger charge is 2.31. The number of aryl methyl sites for hydroxylation is 2. The molecule has 0 aliphatic carbocycles. The second-order valence-electron chi connectivity index (χ2n) is 9.31. The molecule has 0 unspecified atom stereocenters. The van der Waals surface area contributed by atoms with Crippen LogP contribution in [0.4, 0.5) is 0 Å². The van der Waals surface area contributed by atoms with Gasteiger partial charge in [-0.1, -0.05) is 66.7 Å². The normalized spacial score (nSPS) is 15.4. The summed E-state index contributed by atoms with van der Waals surface area (Å²) in [4.78, 5) is 4.99. The molecule has 3 aromatic carbocycles. The lowest BCUT2D eigenvalue weighted by Gasteiger charge is -2.39. The van der Waals surface area contributed by atoms with E-state index in [0.717, 1.165) is 50.5 Å². The number of benzene rings is 3. The summed E-state index contributed by atoms with van der Waals surface area (Å²) in [5, 5.41) is 13.0. The summed E-state index contributed by atoms with van der Waals surface area (Å²) in [6.45, 7) is 5.46. The number of hydrogen-bond donors (Lipinski definition) is 0. The van der Waals surface area contributed by atoms with E-state index in [-0.39, 0.29) is 6.04 Å². The Balaban J connectivity index is 1.39. The first-order valence-electron chi connectivity index (χ1n) is 12.8. The van der Waals surface area contributed by atoms with E-state index >= 15 is 0 Å². The Morgan fingerprint density at radius 1 is 0.784 bits per heavy atom. The van der Waals surface area contributed by atoms with E-state index in [1.165, 1.54) is 11.1 Å². The van der Waals surface area contributed by atoms with Crippen LogP contribution in [0.1, 0.15) is 28.6 Å². The van der Waals surface area contributed by atoms with Crippen molar-refractivity contribution in [1.29, 1.82) is 0 Å². The lowest BCUT2D eigenvalue weighted by Crippen LogP contribution is -2.48. The summed E-state index contributed by atoms with van der Waals surface area (Å²) in [5.74, 6) is 2.26. The molecule has 8 heteroatoms. The number of tetrazole rings is 1. The van der Waals surface area contributed by atoms with Gasteiger partial charge in [0, 0.05) is 39.3 Å². The maximum atomic E-state index is 5.64. The van der Waals surface area contributed by atoms with Gasteiger partial charge < -0.3 is 9.47 Å². The summed E-state index contributed by atoms with van der Waals surface area (Å²) < 4.78 is 13.1. The minimum Gasteiger partial charge on any atom is -0.493 e. The SMILES string of the molecule is COc1ccc([C@@H](c2nnnn2CCc2ccccc2)N2CCN(Cc3ccccc3)CC2)cc1OC. The fourth-order valence-corrected chi connectivity index (χ4v) is 5.01. The molecule has 0 spiro atoms. The third-order valence-electron chi connectivity index (χ3n) is 7.00. The fourth-order valence-electron chi connectivity index (χ4n) is 5.01. The highest BCUT2D eigenvalue weighted by molar-refractivity contribution is 5.45.